The van der Waals surface area contributed by atoms with Gasteiger partial charge < -0.3 is 19.3 Å². The van der Waals surface area contributed by atoms with Gasteiger partial charge in [0.2, 0.25) is 10.0 Å². The minimum absolute atomic E-state index is 0.0167. The monoisotopic (exact) mass is 821 g/mol. The molecular formula is C43H50F3N5O6S. The Balaban J connectivity index is 1.32. The van der Waals surface area contributed by atoms with Crippen LogP contribution in [0.3, 0.4) is 0 Å². The third kappa shape index (κ3) is 7.67. The highest BCUT2D eigenvalue weighted by atomic mass is 32.2. The van der Waals surface area contributed by atoms with E-state index >= 15 is 0 Å². The maximum Gasteiger partial charge on any atom is 0.408 e. The average molecular weight is 822 g/mol. The van der Waals surface area contributed by atoms with Crippen LogP contribution in [-0.4, -0.2) is 81.8 Å². The number of alkyl halides is 3. The molecule has 2 unspecified atom stereocenters. The first-order valence-electron chi connectivity index (χ1n) is 20.2. The third-order valence-corrected chi connectivity index (χ3v) is 14.2. The predicted molar refractivity (Wildman–Crippen MR) is 215 cm³/mol. The van der Waals surface area contributed by atoms with Gasteiger partial charge in [-0.1, -0.05) is 25.3 Å². The number of carbonyl (C=O) groups is 2. The largest absolute Gasteiger partial charge is 0.497 e. The third-order valence-electron chi connectivity index (χ3n) is 12.5. The molecule has 2 aromatic carbocycles. The van der Waals surface area contributed by atoms with Crippen LogP contribution >= 0.6 is 0 Å². The van der Waals surface area contributed by atoms with Crippen molar-refractivity contribution in [2.24, 2.45) is 11.8 Å². The van der Waals surface area contributed by atoms with Gasteiger partial charge in [-0.05, 0) is 124 Å². The van der Waals surface area contributed by atoms with E-state index in [1.807, 2.05) is 41.8 Å². The summed E-state index contributed by atoms with van der Waals surface area (Å²) in [6.45, 7) is 4.12. The maximum absolute atomic E-state index is 14.6. The summed E-state index contributed by atoms with van der Waals surface area (Å²) in [6, 6.07) is 10.7. The zero-order valence-corrected chi connectivity index (χ0v) is 34.0. The SMILES string of the molecule is COc1ccc2c(c1)C=C(c1c(C(=O)N3CC4CC(C3)CC(C)(O)C4)cnn1CC(F)(F)F)Cn1c-2c(C2CCCCC2)c2ccc(C(=O)NS(=O)(=O)C(C)C)cc21. The van der Waals surface area contributed by atoms with E-state index in [0.717, 1.165) is 65.4 Å². The van der Waals surface area contributed by atoms with E-state index in [9.17, 15) is 36.3 Å². The van der Waals surface area contributed by atoms with Crippen LogP contribution in [-0.2, 0) is 23.1 Å². The van der Waals surface area contributed by atoms with Crippen LogP contribution in [0, 0.1) is 11.8 Å². The van der Waals surface area contributed by atoms with Crippen molar-refractivity contribution in [3.63, 3.8) is 0 Å². The Morgan fingerprint density at radius 2 is 1.74 bits per heavy atom. The second kappa shape index (κ2) is 14.9. The Bertz CT molecular complexity index is 2410. The molecular weight excluding hydrogens is 772 g/mol. The molecule has 3 fully saturated rings. The lowest BCUT2D eigenvalue weighted by molar-refractivity contribution is -0.142. The van der Waals surface area contributed by atoms with Gasteiger partial charge >= 0.3 is 6.18 Å². The summed E-state index contributed by atoms with van der Waals surface area (Å²) in [5, 5.41) is 15.1. The van der Waals surface area contributed by atoms with Crippen LogP contribution in [0.2, 0.25) is 0 Å². The summed E-state index contributed by atoms with van der Waals surface area (Å²) in [7, 11) is -2.41. The number of nitrogens with one attached hydrogen (secondary N) is 1. The lowest BCUT2D eigenvalue weighted by Crippen LogP contribution is -2.51. The fraction of sp³-hybridized carbons (Fsp3) is 0.512. The molecule has 4 heterocycles. The number of aliphatic hydroxyl groups is 1. The molecule has 2 bridgehead atoms. The van der Waals surface area contributed by atoms with E-state index in [1.165, 1.54) is 20.0 Å². The van der Waals surface area contributed by atoms with Gasteiger partial charge in [0.05, 0.1) is 47.7 Å². The maximum atomic E-state index is 14.6. The molecule has 15 heteroatoms. The number of ether oxygens (including phenoxy) is 1. The number of hydrogen-bond donors (Lipinski definition) is 2. The Labute approximate surface area is 336 Å². The summed E-state index contributed by atoms with van der Waals surface area (Å²) in [4.78, 5) is 29.8. The number of carbonyl (C=O) groups excluding carboxylic acids is 2. The van der Waals surface area contributed by atoms with Crippen molar-refractivity contribution in [1.82, 2.24) is 24.0 Å². The fourth-order valence-electron chi connectivity index (χ4n) is 10.1. The average Bonchev–Trinajstić information content (AvgIpc) is 3.65. The van der Waals surface area contributed by atoms with Gasteiger partial charge in [-0.2, -0.15) is 18.3 Å². The van der Waals surface area contributed by atoms with E-state index in [1.54, 1.807) is 24.1 Å². The van der Waals surface area contributed by atoms with E-state index in [4.69, 9.17) is 4.74 Å². The predicted octanol–water partition coefficient (Wildman–Crippen LogP) is 7.77. The smallest absolute Gasteiger partial charge is 0.408 e. The lowest BCUT2D eigenvalue weighted by atomic mass is 9.70. The molecule has 2 saturated carbocycles. The normalized spacial score (nSPS) is 22.6. The molecule has 4 aromatic rings. The van der Waals surface area contributed by atoms with E-state index < -0.39 is 45.4 Å². The summed E-state index contributed by atoms with van der Waals surface area (Å²) in [5.74, 6) is -0.391. The second-order valence-corrected chi connectivity index (χ2v) is 19.6. The van der Waals surface area contributed by atoms with Crippen molar-refractivity contribution in [3.05, 3.63) is 70.5 Å². The van der Waals surface area contributed by atoms with Crippen molar-refractivity contribution in [3.8, 4) is 17.0 Å². The van der Waals surface area contributed by atoms with Crippen LogP contribution in [0.1, 0.15) is 116 Å². The van der Waals surface area contributed by atoms with E-state index in [-0.39, 0.29) is 41.1 Å². The molecule has 2 N–H and O–H groups in total. The number of piperidine rings is 1. The second-order valence-electron chi connectivity index (χ2n) is 17.3. The quantitative estimate of drug-likeness (QED) is 0.186. The van der Waals surface area contributed by atoms with E-state index in [2.05, 4.69) is 9.82 Å². The number of benzene rings is 2. The van der Waals surface area contributed by atoms with E-state index in [0.29, 0.717) is 48.3 Å². The zero-order chi connectivity index (χ0) is 41.3. The highest BCUT2D eigenvalue weighted by molar-refractivity contribution is 7.90. The van der Waals surface area contributed by atoms with Gasteiger partial charge in [0.25, 0.3) is 11.8 Å². The fourth-order valence-corrected chi connectivity index (χ4v) is 10.7. The van der Waals surface area contributed by atoms with Crippen molar-refractivity contribution in [1.29, 1.82) is 0 Å². The number of fused-ring (bicyclic) bond motifs is 7. The Morgan fingerprint density at radius 3 is 2.40 bits per heavy atom. The van der Waals surface area contributed by atoms with Crippen LogP contribution in [0.15, 0.2) is 42.6 Å². The first-order chi connectivity index (χ1) is 27.4. The van der Waals surface area contributed by atoms with Gasteiger partial charge in [-0.15, -0.1) is 0 Å². The molecule has 8 rings (SSSR count). The number of amides is 2. The number of rotatable bonds is 8. The number of methoxy groups -OCH3 is 1. The molecule has 2 aliphatic carbocycles. The molecule has 4 aliphatic rings. The summed E-state index contributed by atoms with van der Waals surface area (Å²) >= 11 is 0. The van der Waals surface area contributed by atoms with Gasteiger partial charge in [0.15, 0.2) is 0 Å². The van der Waals surface area contributed by atoms with Crippen LogP contribution < -0.4 is 9.46 Å². The van der Waals surface area contributed by atoms with Crippen molar-refractivity contribution < 1.29 is 41.0 Å². The highest BCUT2D eigenvalue weighted by Gasteiger charge is 2.43. The van der Waals surface area contributed by atoms with Crippen molar-refractivity contribution >= 4 is 44.4 Å². The van der Waals surface area contributed by atoms with Gasteiger partial charge in [0, 0.05) is 35.1 Å². The molecule has 2 aliphatic heterocycles. The summed E-state index contributed by atoms with van der Waals surface area (Å²) in [6.07, 6.45) is 5.37. The molecule has 2 amide bonds. The van der Waals surface area contributed by atoms with Crippen LogP contribution in [0.25, 0.3) is 33.8 Å². The van der Waals surface area contributed by atoms with Gasteiger partial charge in [-0.25, -0.2) is 13.1 Å². The Morgan fingerprint density at radius 1 is 1.03 bits per heavy atom. The number of allylic oxidation sites excluding steroid dienone is 1. The molecule has 2 atom stereocenters. The standard InChI is InChI=1S/C43H50F3N5O6S/c1-25(2)58(55,56)48-40(52)29-10-12-34-36(17-29)50-23-31(15-30-16-32(57-4)11-13-33(30)39(50)37(34)28-8-6-5-7-9-28)38-35(20-47-51(38)24-43(44,45)46)41(53)49-21-26-14-27(22-49)19-42(3,54)18-26/h10-13,15-17,20,25-28,54H,5-9,14,18-19,21-24H2,1-4H3,(H,48,52). The minimum atomic E-state index is -4.65. The summed E-state index contributed by atoms with van der Waals surface area (Å²) in [5.41, 5.74) is 3.81. The van der Waals surface area contributed by atoms with Crippen molar-refractivity contribution in [2.45, 2.75) is 108 Å². The van der Waals surface area contributed by atoms with Crippen LogP contribution in [0.4, 0.5) is 13.2 Å². The molecule has 2 aromatic heterocycles. The molecule has 1 saturated heterocycles. The zero-order valence-electron chi connectivity index (χ0n) is 33.2. The van der Waals surface area contributed by atoms with Gasteiger partial charge in [0.1, 0.15) is 12.3 Å². The lowest BCUT2D eigenvalue weighted by Gasteiger charge is -2.46. The number of sulfonamides is 1. The molecule has 0 spiro atoms. The number of nitrogens with zero attached hydrogens (tertiary/aromatic N) is 4. The van der Waals surface area contributed by atoms with Gasteiger partial charge in [-0.3, -0.25) is 14.3 Å². The number of hydrogen-bond acceptors (Lipinski definition) is 7. The Hall–Kier alpha value is -4.63. The molecule has 58 heavy (non-hydrogen) atoms. The summed E-state index contributed by atoms with van der Waals surface area (Å²) < 4.78 is 79.2. The first kappa shape index (κ1) is 40.2. The molecule has 11 nitrogen and oxygen atoms in total. The number of halogens is 3. The highest BCUT2D eigenvalue weighted by Crippen LogP contribution is 2.48. The number of likely N-dealkylation sites (tertiary alicyclic amines) is 1. The van der Waals surface area contributed by atoms with Crippen molar-refractivity contribution in [2.75, 3.05) is 20.2 Å². The minimum Gasteiger partial charge on any atom is -0.497 e. The molecule has 310 valence electrons. The first-order valence-corrected chi connectivity index (χ1v) is 21.7. The topological polar surface area (TPSA) is 136 Å². The Kier molecular flexibility index (Phi) is 10.3. The van der Waals surface area contributed by atoms with Crippen LogP contribution in [0.5, 0.6) is 5.75 Å². The number of aromatic nitrogens is 3. The molecule has 0 radical (unpaired) electrons.